The minimum atomic E-state index is -1.13. The Kier molecular flexibility index (Phi) is 4.52. The number of rotatable bonds is 4. The molecule has 3 N–H and O–H groups in total. The van der Waals surface area contributed by atoms with E-state index in [1.54, 1.807) is 27.7 Å². The first-order valence-electron chi connectivity index (χ1n) is 5.90. The average molecular weight is 269 g/mol. The average Bonchev–Trinajstić information content (AvgIpc) is 2.60. The zero-order chi connectivity index (χ0) is 14.6. The van der Waals surface area contributed by atoms with Crippen molar-refractivity contribution in [3.8, 4) is 0 Å². The largest absolute Gasteiger partial charge is 0.480 e. The summed E-state index contributed by atoms with van der Waals surface area (Å²) < 4.78 is 5.03. The quantitative estimate of drug-likeness (QED) is 0.762. The number of nitrogens with one attached hydrogen (secondary N) is 2. The van der Waals surface area contributed by atoms with Crippen LogP contribution in [0.15, 0.2) is 6.33 Å². The van der Waals surface area contributed by atoms with Crippen LogP contribution >= 0.6 is 0 Å². The van der Waals surface area contributed by atoms with Gasteiger partial charge >= 0.3 is 12.1 Å². The van der Waals surface area contributed by atoms with Gasteiger partial charge in [0.25, 0.3) is 0 Å². The van der Waals surface area contributed by atoms with Gasteiger partial charge in [-0.25, -0.2) is 14.6 Å². The number of aryl methyl sites for hydroxylation is 1. The van der Waals surface area contributed by atoms with E-state index in [4.69, 9.17) is 9.84 Å². The first-order chi connectivity index (χ1) is 8.69. The van der Waals surface area contributed by atoms with Gasteiger partial charge in [-0.05, 0) is 27.7 Å². The van der Waals surface area contributed by atoms with Gasteiger partial charge in [0.1, 0.15) is 11.6 Å². The van der Waals surface area contributed by atoms with Crippen LogP contribution in [0.25, 0.3) is 0 Å². The molecule has 1 aromatic rings. The Labute approximate surface area is 111 Å². The van der Waals surface area contributed by atoms with Crippen LogP contribution in [0.2, 0.25) is 0 Å². The number of nitrogens with zero attached hydrogens (tertiary/aromatic N) is 1. The first-order valence-corrected chi connectivity index (χ1v) is 5.90. The molecule has 0 fully saturated rings. The normalized spacial score (nSPS) is 12.8. The Morgan fingerprint density at radius 1 is 1.53 bits per heavy atom. The van der Waals surface area contributed by atoms with Gasteiger partial charge < -0.3 is 20.1 Å². The summed E-state index contributed by atoms with van der Waals surface area (Å²) in [5.74, 6) is -1.13. The zero-order valence-electron chi connectivity index (χ0n) is 11.5. The number of ether oxygens (including phenoxy) is 1. The molecule has 1 atom stereocenters. The molecule has 1 amide bonds. The maximum absolute atomic E-state index is 11.6. The molecule has 0 saturated carbocycles. The third-order valence-electron chi connectivity index (χ3n) is 2.32. The fourth-order valence-electron chi connectivity index (χ4n) is 1.44. The number of aromatic nitrogens is 2. The summed E-state index contributed by atoms with van der Waals surface area (Å²) >= 11 is 0. The van der Waals surface area contributed by atoms with Crippen LogP contribution in [0.1, 0.15) is 32.2 Å². The topological polar surface area (TPSA) is 104 Å². The van der Waals surface area contributed by atoms with Crippen LogP contribution in [0, 0.1) is 6.92 Å². The molecule has 106 valence electrons. The van der Waals surface area contributed by atoms with Crippen LogP contribution in [0.5, 0.6) is 0 Å². The van der Waals surface area contributed by atoms with Crippen molar-refractivity contribution in [1.29, 1.82) is 0 Å². The van der Waals surface area contributed by atoms with Gasteiger partial charge in [0.05, 0.1) is 12.0 Å². The van der Waals surface area contributed by atoms with Crippen LogP contribution in [0.3, 0.4) is 0 Å². The number of amides is 1. The molecular weight excluding hydrogens is 250 g/mol. The number of carbonyl (C=O) groups is 2. The lowest BCUT2D eigenvalue weighted by molar-refractivity contribution is -0.139. The van der Waals surface area contributed by atoms with Crippen LogP contribution in [-0.2, 0) is 16.0 Å². The lowest BCUT2D eigenvalue weighted by atomic mass is 10.1. The molecule has 1 aromatic heterocycles. The maximum Gasteiger partial charge on any atom is 0.408 e. The Morgan fingerprint density at radius 2 is 2.16 bits per heavy atom. The Morgan fingerprint density at radius 3 is 2.58 bits per heavy atom. The molecule has 0 saturated heterocycles. The predicted molar refractivity (Wildman–Crippen MR) is 67.8 cm³/mol. The number of alkyl carbamates (subject to hydrolysis) is 1. The van der Waals surface area contributed by atoms with Gasteiger partial charge in [0.2, 0.25) is 0 Å². The summed E-state index contributed by atoms with van der Waals surface area (Å²) in [6, 6.07) is -1.07. The molecular formula is C12H19N3O4. The molecule has 0 aliphatic rings. The molecule has 0 spiro atoms. The molecule has 1 heterocycles. The molecule has 7 heteroatoms. The van der Waals surface area contributed by atoms with E-state index in [-0.39, 0.29) is 6.42 Å². The molecule has 0 bridgehead atoms. The van der Waals surface area contributed by atoms with Crippen molar-refractivity contribution in [2.75, 3.05) is 0 Å². The summed E-state index contributed by atoms with van der Waals surface area (Å²) in [5, 5.41) is 11.4. The van der Waals surface area contributed by atoms with Crippen molar-refractivity contribution in [2.45, 2.75) is 45.8 Å². The van der Waals surface area contributed by atoms with Crippen molar-refractivity contribution in [3.05, 3.63) is 17.7 Å². The van der Waals surface area contributed by atoms with E-state index >= 15 is 0 Å². The number of hydrogen-bond donors (Lipinski definition) is 3. The molecule has 0 unspecified atom stereocenters. The third kappa shape index (κ3) is 4.99. The highest BCUT2D eigenvalue weighted by Crippen LogP contribution is 2.09. The van der Waals surface area contributed by atoms with Gasteiger partial charge in [0.15, 0.2) is 0 Å². The second kappa shape index (κ2) is 5.73. The minimum absolute atomic E-state index is 0.101. The van der Waals surface area contributed by atoms with Crippen LogP contribution < -0.4 is 5.32 Å². The SMILES string of the molecule is Cc1[nH]cnc1C[C@@H](NC(=O)OC(C)(C)C)C(=O)O. The summed E-state index contributed by atoms with van der Waals surface area (Å²) in [5.41, 5.74) is 0.704. The van der Waals surface area contributed by atoms with E-state index in [1.165, 1.54) is 6.33 Å². The fourth-order valence-corrected chi connectivity index (χ4v) is 1.44. The van der Waals surface area contributed by atoms with Crippen molar-refractivity contribution in [1.82, 2.24) is 15.3 Å². The maximum atomic E-state index is 11.6. The molecule has 0 aromatic carbocycles. The second-order valence-electron chi connectivity index (χ2n) is 5.22. The smallest absolute Gasteiger partial charge is 0.408 e. The highest BCUT2D eigenvalue weighted by molar-refractivity contribution is 5.80. The van der Waals surface area contributed by atoms with Crippen molar-refractivity contribution in [2.24, 2.45) is 0 Å². The lowest BCUT2D eigenvalue weighted by Crippen LogP contribution is -2.44. The second-order valence-corrected chi connectivity index (χ2v) is 5.22. The molecule has 7 nitrogen and oxygen atoms in total. The summed E-state index contributed by atoms with van der Waals surface area (Å²) in [6.45, 7) is 6.91. The molecule has 1 rings (SSSR count). The Balaban J connectivity index is 2.67. The number of H-pyrrole nitrogens is 1. The van der Waals surface area contributed by atoms with E-state index in [2.05, 4.69) is 15.3 Å². The first kappa shape index (κ1) is 15.0. The van der Waals surface area contributed by atoms with Gasteiger partial charge in [-0.2, -0.15) is 0 Å². The Bertz CT molecular complexity index is 462. The van der Waals surface area contributed by atoms with Crippen molar-refractivity contribution in [3.63, 3.8) is 0 Å². The fraction of sp³-hybridized carbons (Fsp3) is 0.583. The van der Waals surface area contributed by atoms with Gasteiger partial charge in [-0.1, -0.05) is 0 Å². The van der Waals surface area contributed by atoms with E-state index in [0.717, 1.165) is 5.69 Å². The number of imidazole rings is 1. The molecule has 0 aliphatic carbocycles. The minimum Gasteiger partial charge on any atom is -0.480 e. The van der Waals surface area contributed by atoms with Crippen LogP contribution in [-0.4, -0.2) is 38.8 Å². The van der Waals surface area contributed by atoms with Crippen molar-refractivity contribution < 1.29 is 19.4 Å². The van der Waals surface area contributed by atoms with Gasteiger partial charge in [-0.15, -0.1) is 0 Å². The number of aromatic amines is 1. The van der Waals surface area contributed by atoms with Gasteiger partial charge in [-0.3, -0.25) is 0 Å². The number of carboxylic acids is 1. The van der Waals surface area contributed by atoms with E-state index in [9.17, 15) is 9.59 Å². The standard InChI is InChI=1S/C12H19N3O4/c1-7-8(14-6-13-7)5-9(10(16)17)15-11(18)19-12(2,3)4/h6,9H,5H2,1-4H3,(H,13,14)(H,15,18)(H,16,17)/t9-/m1/s1. The summed E-state index contributed by atoms with van der Waals surface area (Å²) in [7, 11) is 0. The third-order valence-corrected chi connectivity index (χ3v) is 2.32. The highest BCUT2D eigenvalue weighted by atomic mass is 16.6. The molecule has 0 radical (unpaired) electrons. The van der Waals surface area contributed by atoms with Gasteiger partial charge in [0, 0.05) is 12.1 Å². The van der Waals surface area contributed by atoms with E-state index in [1.807, 2.05) is 0 Å². The number of hydrogen-bond acceptors (Lipinski definition) is 4. The monoisotopic (exact) mass is 269 g/mol. The molecule has 0 aliphatic heterocycles. The van der Waals surface area contributed by atoms with Crippen LogP contribution in [0.4, 0.5) is 4.79 Å². The lowest BCUT2D eigenvalue weighted by Gasteiger charge is -2.21. The highest BCUT2D eigenvalue weighted by Gasteiger charge is 2.25. The van der Waals surface area contributed by atoms with E-state index < -0.39 is 23.7 Å². The number of carbonyl (C=O) groups excluding carboxylic acids is 1. The number of aliphatic carboxylic acids is 1. The predicted octanol–water partition coefficient (Wildman–Crippen LogP) is 1.24. The molecule has 19 heavy (non-hydrogen) atoms. The van der Waals surface area contributed by atoms with Crippen molar-refractivity contribution >= 4 is 12.1 Å². The summed E-state index contributed by atoms with van der Waals surface area (Å²) in [6.07, 6.45) is 0.828. The van der Waals surface area contributed by atoms with E-state index in [0.29, 0.717) is 5.69 Å². The Hall–Kier alpha value is -2.05. The zero-order valence-corrected chi connectivity index (χ0v) is 11.5. The number of carboxylic acid groups (broad SMARTS) is 1. The summed E-state index contributed by atoms with van der Waals surface area (Å²) in [4.78, 5) is 29.6.